The second-order valence-corrected chi connectivity index (χ2v) is 5.05. The van der Waals surface area contributed by atoms with Gasteiger partial charge >= 0.3 is 0 Å². The van der Waals surface area contributed by atoms with Crippen LogP contribution in [0.1, 0.15) is 23.4 Å². The van der Waals surface area contributed by atoms with Crippen LogP contribution in [0.2, 0.25) is 0 Å². The first-order chi connectivity index (χ1) is 7.43. The zero-order chi connectivity index (χ0) is 12.3. The Hall–Kier alpha value is -0.520. The summed E-state index contributed by atoms with van der Waals surface area (Å²) in [6, 6.07) is 1.70. The van der Waals surface area contributed by atoms with E-state index >= 15 is 0 Å². The van der Waals surface area contributed by atoms with Crippen LogP contribution in [-0.4, -0.2) is 31.0 Å². The van der Waals surface area contributed by atoms with Gasteiger partial charge in [-0.1, -0.05) is 0 Å². The minimum Gasteiger partial charge on any atom is -0.326 e. The van der Waals surface area contributed by atoms with Gasteiger partial charge in [-0.15, -0.1) is 11.3 Å². The molecule has 0 aliphatic carbocycles. The topological polar surface area (TPSA) is 29.3 Å². The van der Waals surface area contributed by atoms with Gasteiger partial charge in [-0.25, -0.2) is 8.78 Å². The molecule has 92 valence electrons. The fraction of sp³-hybridized carbons (Fsp3) is 0.636. The molecule has 0 aliphatic rings. The zero-order valence-corrected chi connectivity index (χ0v) is 10.6. The molecule has 2 unspecified atom stereocenters. The van der Waals surface area contributed by atoms with E-state index in [1.807, 2.05) is 25.3 Å². The number of nitrogens with two attached hydrogens (primary N) is 1. The Balaban J connectivity index is 2.87. The van der Waals surface area contributed by atoms with Gasteiger partial charge in [0.15, 0.2) is 0 Å². The lowest BCUT2D eigenvalue weighted by Gasteiger charge is -2.30. The van der Waals surface area contributed by atoms with Gasteiger partial charge in [-0.3, -0.25) is 4.90 Å². The Morgan fingerprint density at radius 2 is 2.12 bits per heavy atom. The molecule has 1 heterocycles. The van der Waals surface area contributed by atoms with Crippen LogP contribution in [0.5, 0.6) is 0 Å². The van der Waals surface area contributed by atoms with E-state index in [4.69, 9.17) is 5.73 Å². The molecular formula is C11H18F2N2S. The van der Waals surface area contributed by atoms with Gasteiger partial charge in [0.05, 0.1) is 12.6 Å². The third-order valence-corrected chi connectivity index (χ3v) is 3.66. The summed E-state index contributed by atoms with van der Waals surface area (Å²) in [6.45, 7) is 3.59. The van der Waals surface area contributed by atoms with Crippen LogP contribution in [0, 0.1) is 6.92 Å². The minimum absolute atomic E-state index is 0.131. The predicted molar refractivity (Wildman–Crippen MR) is 64.1 cm³/mol. The van der Waals surface area contributed by atoms with Crippen molar-refractivity contribution >= 4 is 11.3 Å². The molecule has 0 saturated carbocycles. The summed E-state index contributed by atoms with van der Waals surface area (Å²) in [7, 11) is 1.69. The molecule has 0 spiro atoms. The van der Waals surface area contributed by atoms with Crippen molar-refractivity contribution in [1.82, 2.24) is 4.90 Å². The summed E-state index contributed by atoms with van der Waals surface area (Å²) in [4.78, 5) is 2.71. The maximum absolute atomic E-state index is 12.4. The van der Waals surface area contributed by atoms with Crippen molar-refractivity contribution in [3.63, 3.8) is 0 Å². The maximum atomic E-state index is 12.4. The van der Waals surface area contributed by atoms with Crippen molar-refractivity contribution in [3.05, 3.63) is 21.9 Å². The molecule has 2 atom stereocenters. The molecule has 0 amide bonds. The van der Waals surface area contributed by atoms with E-state index in [2.05, 4.69) is 0 Å². The monoisotopic (exact) mass is 248 g/mol. The van der Waals surface area contributed by atoms with Gasteiger partial charge in [0.1, 0.15) is 0 Å². The number of alkyl halides is 2. The average molecular weight is 248 g/mol. The maximum Gasteiger partial charge on any atom is 0.251 e. The Bertz CT molecular complexity index is 326. The van der Waals surface area contributed by atoms with Crippen LogP contribution in [0.4, 0.5) is 8.78 Å². The number of aryl methyl sites for hydroxylation is 1. The zero-order valence-electron chi connectivity index (χ0n) is 9.78. The Labute approximate surface area is 99.1 Å². The fourth-order valence-corrected chi connectivity index (χ4v) is 3.07. The number of hydrogen-bond donors (Lipinski definition) is 1. The number of thiophene rings is 1. The van der Waals surface area contributed by atoms with E-state index in [0.717, 1.165) is 10.4 Å². The van der Waals surface area contributed by atoms with Crippen LogP contribution in [0.25, 0.3) is 0 Å². The molecule has 1 aromatic heterocycles. The molecule has 0 aromatic carbocycles. The molecule has 5 heteroatoms. The Morgan fingerprint density at radius 1 is 1.50 bits per heavy atom. The SMILES string of the molecule is Cc1ccsc1C(C(C)N)N(C)CC(F)F. The van der Waals surface area contributed by atoms with Gasteiger partial charge in [-0.05, 0) is 37.9 Å². The molecule has 0 fully saturated rings. The normalized spacial score (nSPS) is 15.8. The van der Waals surface area contributed by atoms with E-state index in [1.54, 1.807) is 23.3 Å². The van der Waals surface area contributed by atoms with Crippen molar-refractivity contribution in [1.29, 1.82) is 0 Å². The van der Waals surface area contributed by atoms with Crippen LogP contribution in [0.3, 0.4) is 0 Å². The number of rotatable bonds is 5. The quantitative estimate of drug-likeness (QED) is 0.868. The summed E-state index contributed by atoms with van der Waals surface area (Å²) in [5, 5.41) is 1.97. The van der Waals surface area contributed by atoms with Crippen LogP contribution in [-0.2, 0) is 0 Å². The van der Waals surface area contributed by atoms with E-state index in [-0.39, 0.29) is 18.6 Å². The number of halogens is 2. The molecule has 1 rings (SSSR count). The van der Waals surface area contributed by atoms with Crippen molar-refractivity contribution in [3.8, 4) is 0 Å². The summed E-state index contributed by atoms with van der Waals surface area (Å²) < 4.78 is 24.7. The van der Waals surface area contributed by atoms with Crippen molar-refractivity contribution in [2.24, 2.45) is 5.73 Å². The summed E-state index contributed by atoms with van der Waals surface area (Å²) in [5.74, 6) is 0. The molecule has 0 bridgehead atoms. The molecule has 2 N–H and O–H groups in total. The fourth-order valence-electron chi connectivity index (χ4n) is 1.86. The summed E-state index contributed by atoms with van der Waals surface area (Å²) in [6.07, 6.45) is -2.33. The Morgan fingerprint density at radius 3 is 2.50 bits per heavy atom. The van der Waals surface area contributed by atoms with E-state index < -0.39 is 6.43 Å². The lowest BCUT2D eigenvalue weighted by Crippen LogP contribution is -2.39. The van der Waals surface area contributed by atoms with Gasteiger partial charge in [0.25, 0.3) is 6.43 Å². The Kier molecular flexibility index (Phi) is 4.83. The van der Waals surface area contributed by atoms with E-state index in [9.17, 15) is 8.78 Å². The molecule has 0 aliphatic heterocycles. The van der Waals surface area contributed by atoms with Crippen LogP contribution >= 0.6 is 11.3 Å². The highest BCUT2D eigenvalue weighted by atomic mass is 32.1. The molecular weight excluding hydrogens is 230 g/mol. The second-order valence-electron chi connectivity index (χ2n) is 4.10. The third kappa shape index (κ3) is 3.23. The first-order valence-corrected chi connectivity index (χ1v) is 6.09. The second kappa shape index (κ2) is 5.70. The van der Waals surface area contributed by atoms with Crippen LogP contribution < -0.4 is 5.73 Å². The van der Waals surface area contributed by atoms with Gasteiger partial charge in [0.2, 0.25) is 0 Å². The first kappa shape index (κ1) is 13.5. The minimum atomic E-state index is -2.33. The van der Waals surface area contributed by atoms with Gasteiger partial charge < -0.3 is 5.73 Å². The molecule has 2 nitrogen and oxygen atoms in total. The average Bonchev–Trinajstić information content (AvgIpc) is 2.50. The largest absolute Gasteiger partial charge is 0.326 e. The molecule has 16 heavy (non-hydrogen) atoms. The smallest absolute Gasteiger partial charge is 0.251 e. The molecule has 0 radical (unpaired) electrons. The lowest BCUT2D eigenvalue weighted by molar-refractivity contribution is 0.0761. The molecule has 0 saturated heterocycles. The van der Waals surface area contributed by atoms with Crippen molar-refractivity contribution < 1.29 is 8.78 Å². The van der Waals surface area contributed by atoms with E-state index in [0.29, 0.717) is 0 Å². The van der Waals surface area contributed by atoms with Gasteiger partial charge in [0, 0.05) is 10.9 Å². The third-order valence-electron chi connectivity index (χ3n) is 2.57. The van der Waals surface area contributed by atoms with Gasteiger partial charge in [-0.2, -0.15) is 0 Å². The first-order valence-electron chi connectivity index (χ1n) is 5.21. The van der Waals surface area contributed by atoms with Crippen molar-refractivity contribution in [2.45, 2.75) is 32.4 Å². The van der Waals surface area contributed by atoms with E-state index in [1.165, 1.54) is 0 Å². The summed E-state index contributed by atoms with van der Waals surface area (Å²) >= 11 is 1.57. The summed E-state index contributed by atoms with van der Waals surface area (Å²) in [5.41, 5.74) is 7.01. The highest BCUT2D eigenvalue weighted by molar-refractivity contribution is 7.10. The lowest BCUT2D eigenvalue weighted by atomic mass is 10.0. The number of hydrogen-bond acceptors (Lipinski definition) is 3. The standard InChI is InChI=1S/C11H18F2N2S/c1-7-4-5-16-11(7)10(8(2)14)15(3)6-9(12)13/h4-5,8-10H,6,14H2,1-3H3. The van der Waals surface area contributed by atoms with Crippen molar-refractivity contribution in [2.75, 3.05) is 13.6 Å². The predicted octanol–water partition coefficient (Wildman–Crippen LogP) is 2.64. The highest BCUT2D eigenvalue weighted by Gasteiger charge is 2.25. The van der Waals surface area contributed by atoms with Crippen LogP contribution in [0.15, 0.2) is 11.4 Å². The number of nitrogens with zero attached hydrogens (tertiary/aromatic N) is 1. The highest BCUT2D eigenvalue weighted by Crippen LogP contribution is 2.30. The molecule has 1 aromatic rings. The number of likely N-dealkylation sites (N-methyl/N-ethyl adjacent to an activating group) is 1.